The Morgan fingerprint density at radius 2 is 1.93 bits per heavy atom. The first-order valence-electron chi connectivity index (χ1n) is 9.32. The van der Waals surface area contributed by atoms with Gasteiger partial charge in [-0.15, -0.1) is 5.10 Å². The Kier molecular flexibility index (Phi) is 5.13. The van der Waals surface area contributed by atoms with Crippen molar-refractivity contribution < 1.29 is 28.5 Å². The molecule has 1 fully saturated rings. The Balaban J connectivity index is 1.35. The molecule has 9 heteroatoms. The normalized spacial score (nSPS) is 22.5. The van der Waals surface area contributed by atoms with Crippen LogP contribution in [-0.2, 0) is 36.8 Å². The second-order valence-electron chi connectivity index (χ2n) is 6.84. The van der Waals surface area contributed by atoms with Crippen LogP contribution in [0.15, 0.2) is 18.2 Å². The third kappa shape index (κ3) is 4.30. The van der Waals surface area contributed by atoms with Crippen LogP contribution in [-0.4, -0.2) is 65.4 Å². The molecule has 4 rings (SSSR count). The Bertz CT molecular complexity index is 700. The van der Waals surface area contributed by atoms with Crippen molar-refractivity contribution in [3.63, 3.8) is 0 Å². The van der Waals surface area contributed by atoms with Crippen LogP contribution >= 0.6 is 0 Å². The molecule has 0 unspecified atom stereocenters. The largest absolute Gasteiger partial charge is 0.475 e. The highest BCUT2D eigenvalue weighted by Crippen LogP contribution is 2.24. The van der Waals surface area contributed by atoms with Crippen molar-refractivity contribution in [3.05, 3.63) is 23.9 Å². The topological polar surface area (TPSA) is 92.1 Å². The van der Waals surface area contributed by atoms with Crippen molar-refractivity contribution in [3.8, 4) is 5.88 Å². The maximum Gasteiger partial charge on any atom is 0.389 e. The van der Waals surface area contributed by atoms with Crippen LogP contribution in [0.25, 0.3) is 0 Å². The number of aromatic nitrogens is 2. The Morgan fingerprint density at radius 3 is 2.70 bits per heavy atom. The molecule has 0 saturated carbocycles. The third-order valence-corrected chi connectivity index (χ3v) is 4.78. The molecular weight excluding hydrogens is 354 g/mol. The summed E-state index contributed by atoms with van der Waals surface area (Å²) < 4.78 is 23.9. The van der Waals surface area contributed by atoms with Gasteiger partial charge in [-0.05, 0) is 25.7 Å². The zero-order valence-electron chi connectivity index (χ0n) is 15.1. The molecule has 0 aromatic carbocycles. The highest BCUT2D eigenvalue weighted by atomic mass is 16.9. The van der Waals surface area contributed by atoms with Crippen LogP contribution in [0.3, 0.4) is 0 Å². The van der Waals surface area contributed by atoms with Gasteiger partial charge in [-0.1, -0.05) is 0 Å². The van der Waals surface area contributed by atoms with Gasteiger partial charge in [0.05, 0.1) is 6.61 Å². The van der Waals surface area contributed by atoms with Crippen molar-refractivity contribution in [2.24, 2.45) is 0 Å². The molecule has 1 aromatic heterocycles. The smallest absolute Gasteiger partial charge is 0.389 e. The molecule has 3 aliphatic rings. The first-order valence-corrected chi connectivity index (χ1v) is 9.32. The van der Waals surface area contributed by atoms with Crippen molar-refractivity contribution in [1.82, 2.24) is 14.7 Å². The highest BCUT2D eigenvalue weighted by molar-refractivity contribution is 5.93. The predicted molar refractivity (Wildman–Crippen MR) is 91.7 cm³/mol. The summed E-state index contributed by atoms with van der Waals surface area (Å²) in [6, 6.07) is 1.99. The number of ether oxygens (including phenoxy) is 4. The minimum Gasteiger partial charge on any atom is -0.475 e. The van der Waals surface area contributed by atoms with Crippen LogP contribution in [0.2, 0.25) is 0 Å². The first kappa shape index (κ1) is 18.0. The van der Waals surface area contributed by atoms with Gasteiger partial charge in [-0.25, -0.2) is 9.59 Å². The number of hydrogen-bond donors (Lipinski definition) is 0. The van der Waals surface area contributed by atoms with Gasteiger partial charge in [0, 0.05) is 43.5 Å². The van der Waals surface area contributed by atoms with Crippen LogP contribution in [0, 0.1) is 0 Å². The summed E-state index contributed by atoms with van der Waals surface area (Å²) >= 11 is 0. The molecule has 1 aromatic rings. The van der Waals surface area contributed by atoms with E-state index in [1.807, 2.05) is 15.6 Å². The van der Waals surface area contributed by atoms with Gasteiger partial charge in [0.15, 0.2) is 0 Å². The number of aryl methyl sites for hydroxylation is 2. The number of esters is 2. The first-order chi connectivity index (χ1) is 13.1. The Labute approximate surface area is 156 Å². The van der Waals surface area contributed by atoms with Crippen molar-refractivity contribution in [2.75, 3.05) is 32.8 Å². The lowest BCUT2D eigenvalue weighted by atomic mass is 10.1. The van der Waals surface area contributed by atoms with Crippen molar-refractivity contribution in [1.29, 1.82) is 0 Å². The van der Waals surface area contributed by atoms with Gasteiger partial charge in [-0.2, -0.15) is 0 Å². The van der Waals surface area contributed by atoms with E-state index in [1.165, 1.54) is 12.1 Å². The standard InChI is InChI=1S/C18H23N3O6/c22-16-5-6-17(23)27-18(26-16)13-20(7-3-10-25-18)9-11-24-15-12-14-4-1-2-8-21(14)19-15/h5-6,12H,1-4,7-11,13H2. The number of nitrogens with zero attached hydrogens (tertiary/aromatic N) is 3. The number of carbonyl (C=O) groups excluding carboxylic acids is 2. The summed E-state index contributed by atoms with van der Waals surface area (Å²) in [4.78, 5) is 25.5. The molecule has 0 radical (unpaired) electrons. The maximum atomic E-state index is 11.7. The number of rotatable bonds is 4. The SMILES string of the molecule is O=C1C=CC(=O)OC2(CN(CCOc3cc4n(n3)CCCC4)CCCO2)O1. The number of hydrogen-bond acceptors (Lipinski definition) is 8. The fourth-order valence-electron chi connectivity index (χ4n) is 3.50. The van der Waals surface area contributed by atoms with Crippen LogP contribution in [0.4, 0.5) is 0 Å². The van der Waals surface area contributed by atoms with Gasteiger partial charge in [-0.3, -0.25) is 9.58 Å². The molecule has 1 saturated heterocycles. The predicted octanol–water partition coefficient (Wildman–Crippen LogP) is 0.630. The zero-order valence-corrected chi connectivity index (χ0v) is 15.1. The molecule has 0 N–H and O–H groups in total. The lowest BCUT2D eigenvalue weighted by Gasteiger charge is -2.32. The molecule has 0 aliphatic carbocycles. The summed E-state index contributed by atoms with van der Waals surface area (Å²) in [5, 5.41) is 4.47. The quantitative estimate of drug-likeness (QED) is 0.706. The van der Waals surface area contributed by atoms with Crippen LogP contribution in [0.5, 0.6) is 5.88 Å². The second kappa shape index (κ2) is 7.69. The van der Waals surface area contributed by atoms with Crippen LogP contribution < -0.4 is 4.74 Å². The molecule has 27 heavy (non-hydrogen) atoms. The molecule has 0 bridgehead atoms. The average molecular weight is 377 g/mol. The van der Waals surface area contributed by atoms with E-state index >= 15 is 0 Å². The van der Waals surface area contributed by atoms with Gasteiger partial charge < -0.3 is 18.9 Å². The van der Waals surface area contributed by atoms with Gasteiger partial charge in [0.25, 0.3) is 0 Å². The molecular formula is C18H23N3O6. The van der Waals surface area contributed by atoms with E-state index in [0.29, 0.717) is 32.2 Å². The van der Waals surface area contributed by atoms with Gasteiger partial charge in [0.1, 0.15) is 13.2 Å². The molecule has 0 amide bonds. The fourth-order valence-corrected chi connectivity index (χ4v) is 3.50. The summed E-state index contributed by atoms with van der Waals surface area (Å²) in [6.07, 6.45) is 6.18. The lowest BCUT2D eigenvalue weighted by Crippen LogP contribution is -2.49. The molecule has 3 aliphatic heterocycles. The van der Waals surface area contributed by atoms with E-state index in [1.54, 1.807) is 0 Å². The Hall–Kier alpha value is -2.39. The highest BCUT2D eigenvalue weighted by Gasteiger charge is 2.44. The lowest BCUT2D eigenvalue weighted by molar-refractivity contribution is -0.340. The minimum atomic E-state index is -1.71. The van der Waals surface area contributed by atoms with Gasteiger partial charge >= 0.3 is 17.9 Å². The van der Waals surface area contributed by atoms with E-state index in [-0.39, 0.29) is 6.54 Å². The van der Waals surface area contributed by atoms with Gasteiger partial charge in [0.2, 0.25) is 5.88 Å². The average Bonchev–Trinajstić information content (AvgIpc) is 2.88. The number of fused-ring (bicyclic) bond motifs is 1. The zero-order chi connectivity index (χ0) is 18.7. The Morgan fingerprint density at radius 1 is 1.11 bits per heavy atom. The van der Waals surface area contributed by atoms with E-state index in [2.05, 4.69) is 5.10 Å². The molecule has 4 heterocycles. The summed E-state index contributed by atoms with van der Waals surface area (Å²) in [7, 11) is 0. The summed E-state index contributed by atoms with van der Waals surface area (Å²) in [5.74, 6) is -2.41. The molecule has 1 spiro atoms. The third-order valence-electron chi connectivity index (χ3n) is 4.78. The van der Waals surface area contributed by atoms with E-state index in [4.69, 9.17) is 18.9 Å². The van der Waals surface area contributed by atoms with E-state index in [9.17, 15) is 9.59 Å². The number of carbonyl (C=O) groups is 2. The maximum absolute atomic E-state index is 11.7. The van der Waals surface area contributed by atoms with Crippen molar-refractivity contribution >= 4 is 11.9 Å². The summed E-state index contributed by atoms with van der Waals surface area (Å²) in [6.45, 7) is 3.10. The van der Waals surface area contributed by atoms with E-state index < -0.39 is 17.9 Å². The molecule has 146 valence electrons. The summed E-state index contributed by atoms with van der Waals surface area (Å²) in [5.41, 5.74) is 1.21. The minimum absolute atomic E-state index is 0.134. The fraction of sp³-hybridized carbons (Fsp3) is 0.611. The van der Waals surface area contributed by atoms with E-state index in [0.717, 1.165) is 38.0 Å². The van der Waals surface area contributed by atoms with Crippen molar-refractivity contribution in [2.45, 2.75) is 38.2 Å². The van der Waals surface area contributed by atoms with Crippen LogP contribution in [0.1, 0.15) is 25.0 Å². The second-order valence-corrected chi connectivity index (χ2v) is 6.84. The molecule has 0 atom stereocenters. The monoisotopic (exact) mass is 377 g/mol. The molecule has 9 nitrogen and oxygen atoms in total.